The molecule has 0 fully saturated rings. The highest BCUT2D eigenvalue weighted by atomic mass is 32.1. The van der Waals surface area contributed by atoms with Crippen LogP contribution in [0.1, 0.15) is 27.0 Å². The highest BCUT2D eigenvalue weighted by Gasteiger charge is 2.20. The molecule has 0 unspecified atom stereocenters. The molecule has 0 spiro atoms. The Bertz CT molecular complexity index is 881. The summed E-state index contributed by atoms with van der Waals surface area (Å²) in [6.07, 6.45) is 0. The molecule has 1 amide bonds. The smallest absolute Gasteiger partial charge is 0.265 e. The molecule has 0 aliphatic carbocycles. The summed E-state index contributed by atoms with van der Waals surface area (Å²) in [5.41, 5.74) is 0.745. The fourth-order valence-corrected chi connectivity index (χ4v) is 2.90. The summed E-state index contributed by atoms with van der Waals surface area (Å²) in [7, 11) is 0. The Hall–Kier alpha value is -2.80. The number of hydrogen-bond acceptors (Lipinski definition) is 5. The van der Waals surface area contributed by atoms with Gasteiger partial charge in [0.25, 0.3) is 5.91 Å². The van der Waals surface area contributed by atoms with E-state index in [1.807, 2.05) is 0 Å². The minimum absolute atomic E-state index is 0.0497. The minimum Gasteiger partial charge on any atom is -0.492 e. The molecule has 0 saturated carbocycles. The van der Waals surface area contributed by atoms with Gasteiger partial charge in [0.15, 0.2) is 5.78 Å². The maximum absolute atomic E-state index is 12.0. The largest absolute Gasteiger partial charge is 0.492 e. The standard InChI is InChI=1S/C15H12N2O4S/c1-8(18)13-10-5-4-9(7-11(10)17(21)15(13)20)16-14(19)12-3-2-6-22-12/h2-7,20-21H,1H3,(H,16,19). The Balaban J connectivity index is 2.02. The van der Waals surface area contributed by atoms with Gasteiger partial charge in [0.1, 0.15) is 0 Å². The number of rotatable bonds is 3. The number of aromatic hydroxyl groups is 1. The SMILES string of the molecule is CC(=O)c1c(O)n(O)c2cc(NC(=O)c3cccs3)ccc12. The van der Waals surface area contributed by atoms with E-state index in [2.05, 4.69) is 5.32 Å². The van der Waals surface area contributed by atoms with Gasteiger partial charge in [-0.15, -0.1) is 11.3 Å². The van der Waals surface area contributed by atoms with Crippen molar-refractivity contribution in [2.45, 2.75) is 6.92 Å². The van der Waals surface area contributed by atoms with E-state index in [1.54, 1.807) is 29.6 Å². The molecule has 2 heterocycles. The molecule has 3 rings (SSSR count). The number of carbonyl (C=O) groups is 2. The molecule has 3 aromatic rings. The van der Waals surface area contributed by atoms with Gasteiger partial charge in [-0.25, -0.2) is 0 Å². The predicted octanol–water partition coefficient (Wildman–Crippen LogP) is 3.10. The summed E-state index contributed by atoms with van der Waals surface area (Å²) in [6, 6.07) is 8.15. The van der Waals surface area contributed by atoms with Crippen molar-refractivity contribution in [2.75, 3.05) is 5.32 Å². The maximum Gasteiger partial charge on any atom is 0.265 e. The Kier molecular flexibility index (Phi) is 3.34. The van der Waals surface area contributed by atoms with Crippen molar-refractivity contribution < 1.29 is 19.9 Å². The number of benzene rings is 1. The van der Waals surface area contributed by atoms with Gasteiger partial charge in [0.05, 0.1) is 16.0 Å². The second-order valence-electron chi connectivity index (χ2n) is 4.73. The van der Waals surface area contributed by atoms with Gasteiger partial charge in [-0.1, -0.05) is 6.07 Å². The van der Waals surface area contributed by atoms with Gasteiger partial charge in [-0.2, -0.15) is 4.73 Å². The number of ketones is 1. The van der Waals surface area contributed by atoms with Crippen molar-refractivity contribution >= 4 is 39.6 Å². The van der Waals surface area contributed by atoms with Crippen LogP contribution >= 0.6 is 11.3 Å². The Morgan fingerprint density at radius 3 is 2.68 bits per heavy atom. The van der Waals surface area contributed by atoms with Crippen LogP contribution < -0.4 is 5.32 Å². The predicted molar refractivity (Wildman–Crippen MR) is 83.1 cm³/mol. The van der Waals surface area contributed by atoms with Gasteiger partial charge in [0, 0.05) is 11.1 Å². The summed E-state index contributed by atoms with van der Waals surface area (Å²) in [4.78, 5) is 24.1. The van der Waals surface area contributed by atoms with Crippen molar-refractivity contribution in [3.63, 3.8) is 0 Å². The van der Waals surface area contributed by atoms with E-state index < -0.39 is 5.88 Å². The number of carbonyl (C=O) groups excluding carboxylic acids is 2. The second-order valence-corrected chi connectivity index (χ2v) is 5.68. The highest BCUT2D eigenvalue weighted by molar-refractivity contribution is 7.12. The molecule has 112 valence electrons. The van der Waals surface area contributed by atoms with Crippen molar-refractivity contribution in [1.29, 1.82) is 0 Å². The first-order valence-corrected chi connectivity index (χ1v) is 7.29. The van der Waals surface area contributed by atoms with E-state index in [0.29, 0.717) is 20.7 Å². The average molecular weight is 316 g/mol. The fourth-order valence-electron chi connectivity index (χ4n) is 2.28. The van der Waals surface area contributed by atoms with Crippen LogP contribution in [0.4, 0.5) is 5.69 Å². The number of anilines is 1. The zero-order valence-electron chi connectivity index (χ0n) is 11.5. The van der Waals surface area contributed by atoms with Gasteiger partial charge >= 0.3 is 0 Å². The number of amides is 1. The fraction of sp³-hybridized carbons (Fsp3) is 0.0667. The van der Waals surface area contributed by atoms with Crippen LogP contribution in [0.25, 0.3) is 10.9 Å². The molecule has 0 aliphatic heterocycles. The van der Waals surface area contributed by atoms with Crippen molar-refractivity contribution in [3.8, 4) is 5.88 Å². The zero-order valence-corrected chi connectivity index (χ0v) is 12.3. The maximum atomic E-state index is 12.0. The molecular formula is C15H12N2O4S. The summed E-state index contributed by atoms with van der Waals surface area (Å²) in [5, 5.41) is 24.6. The molecule has 3 N–H and O–H groups in total. The molecule has 7 heteroatoms. The molecular weight excluding hydrogens is 304 g/mol. The number of aromatic nitrogens is 1. The molecule has 0 bridgehead atoms. The third kappa shape index (κ3) is 2.21. The molecule has 0 aliphatic rings. The first kappa shape index (κ1) is 14.2. The van der Waals surface area contributed by atoms with E-state index >= 15 is 0 Å². The number of nitrogens with one attached hydrogen (secondary N) is 1. The Morgan fingerprint density at radius 1 is 1.27 bits per heavy atom. The number of thiophene rings is 1. The van der Waals surface area contributed by atoms with E-state index in [9.17, 15) is 19.9 Å². The average Bonchev–Trinajstić information content (AvgIpc) is 3.08. The monoisotopic (exact) mass is 316 g/mol. The Labute approximate surface area is 129 Å². The third-order valence-electron chi connectivity index (χ3n) is 3.27. The highest BCUT2D eigenvalue weighted by Crippen LogP contribution is 2.32. The van der Waals surface area contributed by atoms with Gasteiger partial charge in [-0.05, 0) is 36.6 Å². The summed E-state index contributed by atoms with van der Waals surface area (Å²) >= 11 is 1.32. The van der Waals surface area contributed by atoms with Gasteiger partial charge in [-0.3, -0.25) is 9.59 Å². The normalized spacial score (nSPS) is 10.8. The zero-order chi connectivity index (χ0) is 15.9. The lowest BCUT2D eigenvalue weighted by Crippen LogP contribution is -2.09. The number of fused-ring (bicyclic) bond motifs is 1. The van der Waals surface area contributed by atoms with Crippen molar-refractivity contribution in [1.82, 2.24) is 4.73 Å². The van der Waals surface area contributed by atoms with E-state index in [1.165, 1.54) is 24.3 Å². The van der Waals surface area contributed by atoms with Crippen LogP contribution in [0.2, 0.25) is 0 Å². The van der Waals surface area contributed by atoms with Crippen LogP contribution in [-0.4, -0.2) is 26.7 Å². The first-order chi connectivity index (χ1) is 10.5. The van der Waals surface area contributed by atoms with Crippen LogP contribution in [0.3, 0.4) is 0 Å². The molecule has 0 atom stereocenters. The molecule has 22 heavy (non-hydrogen) atoms. The van der Waals surface area contributed by atoms with Gasteiger partial charge in [0.2, 0.25) is 5.88 Å². The molecule has 0 saturated heterocycles. The van der Waals surface area contributed by atoms with Crippen LogP contribution in [0.15, 0.2) is 35.7 Å². The van der Waals surface area contributed by atoms with Crippen LogP contribution in [-0.2, 0) is 0 Å². The molecule has 6 nitrogen and oxygen atoms in total. The summed E-state index contributed by atoms with van der Waals surface area (Å²) in [5.74, 6) is -1.13. The van der Waals surface area contributed by atoms with E-state index in [4.69, 9.17) is 0 Å². The summed E-state index contributed by atoms with van der Waals surface area (Å²) < 4.78 is 0.535. The number of Topliss-reactive ketones (excluding diaryl/α,β-unsaturated/α-hetero) is 1. The van der Waals surface area contributed by atoms with Crippen molar-refractivity contribution in [3.05, 3.63) is 46.2 Å². The Morgan fingerprint density at radius 2 is 2.05 bits per heavy atom. The van der Waals surface area contributed by atoms with Crippen molar-refractivity contribution in [2.24, 2.45) is 0 Å². The van der Waals surface area contributed by atoms with E-state index in [0.717, 1.165) is 0 Å². The topological polar surface area (TPSA) is 91.6 Å². The molecule has 1 aromatic carbocycles. The number of nitrogens with zero attached hydrogens (tertiary/aromatic N) is 1. The minimum atomic E-state index is -0.510. The number of hydrogen-bond donors (Lipinski definition) is 3. The first-order valence-electron chi connectivity index (χ1n) is 6.41. The van der Waals surface area contributed by atoms with Crippen LogP contribution in [0, 0.1) is 0 Å². The lowest BCUT2D eigenvalue weighted by atomic mass is 10.1. The quantitative estimate of drug-likeness (QED) is 0.511. The summed E-state index contributed by atoms with van der Waals surface area (Å²) in [6.45, 7) is 1.31. The lowest BCUT2D eigenvalue weighted by molar-refractivity contribution is 0.100. The third-order valence-corrected chi connectivity index (χ3v) is 4.14. The van der Waals surface area contributed by atoms with Gasteiger partial charge < -0.3 is 15.6 Å². The van der Waals surface area contributed by atoms with Crippen LogP contribution in [0.5, 0.6) is 5.88 Å². The van der Waals surface area contributed by atoms with E-state index in [-0.39, 0.29) is 22.8 Å². The molecule has 0 radical (unpaired) electrons. The lowest BCUT2D eigenvalue weighted by Gasteiger charge is -2.04. The second kappa shape index (κ2) is 5.19. The molecule has 2 aromatic heterocycles.